The van der Waals surface area contributed by atoms with Crippen LogP contribution in [0.3, 0.4) is 0 Å². The Morgan fingerprint density at radius 3 is 2.26 bits per heavy atom. The zero-order chi connectivity index (χ0) is 13.7. The van der Waals surface area contributed by atoms with Gasteiger partial charge in [-0.2, -0.15) is 0 Å². The third-order valence-corrected chi connectivity index (χ3v) is 4.61. The second-order valence-electron chi connectivity index (χ2n) is 4.53. The molecule has 0 aromatic heterocycles. The van der Waals surface area contributed by atoms with Crippen LogP contribution in [0.4, 0.5) is 0 Å². The number of rotatable bonds is 5. The van der Waals surface area contributed by atoms with Crippen molar-refractivity contribution in [3.8, 4) is 0 Å². The Kier molecular flexibility index (Phi) is 4.88. The van der Waals surface area contributed by atoms with Crippen molar-refractivity contribution in [2.45, 2.75) is 24.3 Å². The molecule has 3 heteroatoms. The minimum atomic E-state index is -1.05. The molecule has 0 bridgehead atoms. The van der Waals surface area contributed by atoms with Gasteiger partial charge in [0.05, 0.1) is 10.8 Å². The molecule has 0 aliphatic carbocycles. The first-order valence-electron chi connectivity index (χ1n) is 6.48. The molecule has 2 aromatic carbocycles. The van der Waals surface area contributed by atoms with Gasteiger partial charge in [-0.3, -0.25) is 4.21 Å². The van der Waals surface area contributed by atoms with Gasteiger partial charge in [0.2, 0.25) is 0 Å². The van der Waals surface area contributed by atoms with Gasteiger partial charge in [0.25, 0.3) is 0 Å². The van der Waals surface area contributed by atoms with Gasteiger partial charge < -0.3 is 5.73 Å². The first kappa shape index (κ1) is 14.0. The van der Waals surface area contributed by atoms with Crippen molar-refractivity contribution < 1.29 is 4.21 Å². The summed E-state index contributed by atoms with van der Waals surface area (Å²) in [4.78, 5) is 0.836. The SMILES string of the molecule is CCc1ccc(C(N)CS(=O)c2ccccc2)cc1. The summed E-state index contributed by atoms with van der Waals surface area (Å²) in [5.74, 6) is 0.454. The lowest BCUT2D eigenvalue weighted by Gasteiger charge is -2.12. The molecule has 2 atom stereocenters. The molecule has 2 rings (SSSR count). The van der Waals surface area contributed by atoms with Crippen LogP contribution < -0.4 is 5.73 Å². The largest absolute Gasteiger partial charge is 0.323 e. The summed E-state index contributed by atoms with van der Waals surface area (Å²) in [6.07, 6.45) is 1.02. The Balaban J connectivity index is 2.04. The van der Waals surface area contributed by atoms with Crippen LogP contribution in [0.15, 0.2) is 59.5 Å². The van der Waals surface area contributed by atoms with Crippen molar-refractivity contribution in [2.75, 3.05) is 5.75 Å². The summed E-state index contributed by atoms with van der Waals surface area (Å²) >= 11 is 0. The van der Waals surface area contributed by atoms with Gasteiger partial charge in [-0.25, -0.2) is 0 Å². The van der Waals surface area contributed by atoms with E-state index in [0.717, 1.165) is 16.9 Å². The molecule has 0 saturated heterocycles. The van der Waals surface area contributed by atoms with Gasteiger partial charge in [0.1, 0.15) is 0 Å². The van der Waals surface area contributed by atoms with Crippen LogP contribution in [0.1, 0.15) is 24.1 Å². The molecular weight excluding hydrogens is 254 g/mol. The van der Waals surface area contributed by atoms with Crippen molar-refractivity contribution in [2.24, 2.45) is 5.73 Å². The fourth-order valence-electron chi connectivity index (χ4n) is 1.93. The van der Waals surface area contributed by atoms with E-state index in [9.17, 15) is 4.21 Å². The minimum absolute atomic E-state index is 0.188. The third-order valence-electron chi connectivity index (χ3n) is 3.15. The van der Waals surface area contributed by atoms with E-state index in [1.54, 1.807) is 0 Å². The Morgan fingerprint density at radius 2 is 1.68 bits per heavy atom. The highest BCUT2D eigenvalue weighted by Gasteiger charge is 2.11. The van der Waals surface area contributed by atoms with Gasteiger partial charge in [0, 0.05) is 16.7 Å². The monoisotopic (exact) mass is 273 g/mol. The van der Waals surface area contributed by atoms with Crippen LogP contribution in [0, 0.1) is 0 Å². The summed E-state index contributed by atoms with van der Waals surface area (Å²) in [5.41, 5.74) is 8.47. The molecule has 0 fully saturated rings. The van der Waals surface area contributed by atoms with Gasteiger partial charge in [-0.15, -0.1) is 0 Å². The maximum atomic E-state index is 12.2. The molecule has 0 aliphatic heterocycles. The minimum Gasteiger partial charge on any atom is -0.323 e. The summed E-state index contributed by atoms with van der Waals surface area (Å²) in [6.45, 7) is 2.12. The maximum absolute atomic E-state index is 12.2. The van der Waals surface area contributed by atoms with Gasteiger partial charge in [-0.05, 0) is 29.7 Å². The normalized spacial score (nSPS) is 14.0. The summed E-state index contributed by atoms with van der Waals surface area (Å²) < 4.78 is 12.2. The smallest absolute Gasteiger partial charge is 0.0548 e. The molecule has 0 heterocycles. The average Bonchev–Trinajstić information content (AvgIpc) is 2.48. The predicted octanol–water partition coefficient (Wildman–Crippen LogP) is 3.06. The van der Waals surface area contributed by atoms with Crippen molar-refractivity contribution in [3.63, 3.8) is 0 Å². The van der Waals surface area contributed by atoms with E-state index in [2.05, 4.69) is 19.1 Å². The summed E-state index contributed by atoms with van der Waals surface area (Å²) in [7, 11) is -1.05. The quantitative estimate of drug-likeness (QED) is 0.910. The number of hydrogen-bond donors (Lipinski definition) is 1. The average molecular weight is 273 g/mol. The Bertz CT molecular complexity index is 536. The standard InChI is InChI=1S/C16H19NOS/c1-2-13-8-10-14(11-9-13)16(17)12-19(18)15-6-4-3-5-7-15/h3-11,16H,2,12,17H2,1H3. The van der Waals surface area contributed by atoms with Gasteiger partial charge in [-0.1, -0.05) is 49.4 Å². The van der Waals surface area contributed by atoms with Crippen molar-refractivity contribution >= 4 is 10.8 Å². The fourth-order valence-corrected chi connectivity index (χ4v) is 3.10. The lowest BCUT2D eigenvalue weighted by molar-refractivity contribution is 0.675. The van der Waals surface area contributed by atoms with E-state index in [0.29, 0.717) is 5.75 Å². The van der Waals surface area contributed by atoms with E-state index in [1.807, 2.05) is 42.5 Å². The van der Waals surface area contributed by atoms with Crippen molar-refractivity contribution in [1.82, 2.24) is 0 Å². The second-order valence-corrected chi connectivity index (χ2v) is 6.02. The van der Waals surface area contributed by atoms with Gasteiger partial charge in [0.15, 0.2) is 0 Å². The zero-order valence-electron chi connectivity index (χ0n) is 11.1. The topological polar surface area (TPSA) is 43.1 Å². The highest BCUT2D eigenvalue weighted by atomic mass is 32.2. The van der Waals surface area contributed by atoms with Crippen molar-refractivity contribution in [1.29, 1.82) is 0 Å². The van der Waals surface area contributed by atoms with Crippen LogP contribution in [0.5, 0.6) is 0 Å². The Morgan fingerprint density at radius 1 is 1.05 bits per heavy atom. The lowest BCUT2D eigenvalue weighted by Crippen LogP contribution is -2.18. The van der Waals surface area contributed by atoms with E-state index < -0.39 is 10.8 Å². The maximum Gasteiger partial charge on any atom is 0.0548 e. The molecule has 0 saturated carbocycles. The highest BCUT2D eigenvalue weighted by molar-refractivity contribution is 7.85. The van der Waals surface area contributed by atoms with Crippen LogP contribution in [0.2, 0.25) is 0 Å². The molecule has 0 aliphatic rings. The number of hydrogen-bond acceptors (Lipinski definition) is 2. The van der Waals surface area contributed by atoms with Crippen molar-refractivity contribution in [3.05, 3.63) is 65.7 Å². The number of benzene rings is 2. The lowest BCUT2D eigenvalue weighted by atomic mass is 10.1. The fraction of sp³-hybridized carbons (Fsp3) is 0.250. The van der Waals surface area contributed by atoms with Crippen LogP contribution >= 0.6 is 0 Å². The van der Waals surface area contributed by atoms with Crippen LogP contribution in [-0.4, -0.2) is 9.96 Å². The molecule has 2 N–H and O–H groups in total. The molecule has 19 heavy (non-hydrogen) atoms. The Labute approximate surface area is 117 Å². The van der Waals surface area contributed by atoms with Crippen LogP contribution in [0.25, 0.3) is 0 Å². The summed E-state index contributed by atoms with van der Waals surface area (Å²) in [6, 6.07) is 17.5. The first-order chi connectivity index (χ1) is 9.20. The molecule has 2 unspecified atom stereocenters. The highest BCUT2D eigenvalue weighted by Crippen LogP contribution is 2.16. The molecule has 2 aromatic rings. The molecule has 0 amide bonds. The Hall–Kier alpha value is -1.45. The third kappa shape index (κ3) is 3.75. The second kappa shape index (κ2) is 6.64. The molecule has 0 spiro atoms. The van der Waals surface area contributed by atoms with E-state index in [-0.39, 0.29) is 6.04 Å². The van der Waals surface area contributed by atoms with E-state index in [1.165, 1.54) is 5.56 Å². The predicted molar refractivity (Wildman–Crippen MR) is 80.5 cm³/mol. The molecule has 0 radical (unpaired) electrons. The summed E-state index contributed by atoms with van der Waals surface area (Å²) in [5, 5.41) is 0. The van der Waals surface area contributed by atoms with E-state index in [4.69, 9.17) is 5.73 Å². The van der Waals surface area contributed by atoms with E-state index >= 15 is 0 Å². The first-order valence-corrected chi connectivity index (χ1v) is 7.80. The van der Waals surface area contributed by atoms with Crippen LogP contribution in [-0.2, 0) is 17.2 Å². The number of nitrogens with two attached hydrogens (primary N) is 1. The molecule has 2 nitrogen and oxygen atoms in total. The zero-order valence-corrected chi connectivity index (χ0v) is 11.9. The number of aryl methyl sites for hydroxylation is 1. The molecular formula is C16H19NOS. The van der Waals surface area contributed by atoms with Gasteiger partial charge >= 0.3 is 0 Å². The molecule has 100 valence electrons.